The van der Waals surface area contributed by atoms with Crippen molar-refractivity contribution in [3.05, 3.63) is 0 Å². The summed E-state index contributed by atoms with van der Waals surface area (Å²) in [5.41, 5.74) is 0. The van der Waals surface area contributed by atoms with Crippen LogP contribution in [0.15, 0.2) is 0 Å². The lowest BCUT2D eigenvalue weighted by atomic mass is 9.87. The molecule has 7 heteroatoms. The van der Waals surface area contributed by atoms with Gasteiger partial charge in [-0.1, -0.05) is 13.8 Å². The molecule has 1 heterocycles. The van der Waals surface area contributed by atoms with Crippen molar-refractivity contribution in [1.29, 1.82) is 0 Å². The highest BCUT2D eigenvalue weighted by Crippen LogP contribution is 2.25. The lowest BCUT2D eigenvalue weighted by Crippen LogP contribution is -2.28. The fourth-order valence-electron chi connectivity index (χ4n) is 2.87. The van der Waals surface area contributed by atoms with Crippen LogP contribution in [0.25, 0.3) is 0 Å². The highest BCUT2D eigenvalue weighted by atomic mass is 16.3. The molecule has 24 heavy (non-hydrogen) atoms. The monoisotopic (exact) mass is 336 g/mol. The van der Waals surface area contributed by atoms with Gasteiger partial charge in [0.2, 0.25) is 17.8 Å². The number of anilines is 3. The van der Waals surface area contributed by atoms with E-state index in [1.54, 1.807) is 0 Å². The van der Waals surface area contributed by atoms with E-state index in [1.807, 2.05) is 6.92 Å². The average Bonchev–Trinajstić information content (AvgIpc) is 2.54. The second kappa shape index (κ2) is 9.01. The maximum absolute atomic E-state index is 9.39. The number of aliphatic hydroxyl groups is 1. The van der Waals surface area contributed by atoms with Gasteiger partial charge in [0.15, 0.2) is 0 Å². The fourth-order valence-corrected chi connectivity index (χ4v) is 2.87. The van der Waals surface area contributed by atoms with Crippen LogP contribution in [0, 0.1) is 5.92 Å². The number of aromatic nitrogens is 3. The number of nitrogens with zero attached hydrogens (tertiary/aromatic N) is 3. The lowest BCUT2D eigenvalue weighted by molar-refractivity contribution is 0.271. The van der Waals surface area contributed by atoms with Crippen molar-refractivity contribution >= 4 is 17.8 Å². The first kappa shape index (κ1) is 18.7. The molecule has 0 aromatic carbocycles. The summed E-state index contributed by atoms with van der Waals surface area (Å²) in [6, 6.07) is 0.606. The van der Waals surface area contributed by atoms with Gasteiger partial charge in [-0.3, -0.25) is 0 Å². The van der Waals surface area contributed by atoms with E-state index in [0.717, 1.165) is 25.2 Å². The summed E-state index contributed by atoms with van der Waals surface area (Å²) >= 11 is 0. The van der Waals surface area contributed by atoms with Gasteiger partial charge in [-0.2, -0.15) is 15.0 Å². The summed E-state index contributed by atoms with van der Waals surface area (Å²) in [6.07, 6.45) is 5.59. The van der Waals surface area contributed by atoms with E-state index in [9.17, 15) is 5.11 Å². The number of aliphatic hydroxyl groups excluding tert-OH is 1. The minimum absolute atomic E-state index is 0.0531. The standard InChI is InChI=1S/C17H32N6O/c1-5-13(10-24)19-16-21-15(18-11(2)3)22-17(23-16)20-14-8-6-12(4)7-9-14/h11-14,24H,5-10H2,1-4H3,(H3,18,19,20,21,22,23)/t12?,13-,14?/m1/s1. The molecule has 0 bridgehead atoms. The third kappa shape index (κ3) is 5.78. The predicted octanol–water partition coefficient (Wildman–Crippen LogP) is 2.87. The van der Waals surface area contributed by atoms with Crippen LogP contribution in [-0.2, 0) is 0 Å². The van der Waals surface area contributed by atoms with Gasteiger partial charge in [0, 0.05) is 12.1 Å². The Bertz CT molecular complexity index is 498. The highest BCUT2D eigenvalue weighted by molar-refractivity contribution is 5.43. The Morgan fingerprint density at radius 1 is 1.00 bits per heavy atom. The molecule has 1 aromatic heterocycles. The first-order chi connectivity index (χ1) is 11.5. The number of nitrogens with one attached hydrogen (secondary N) is 3. The molecule has 7 nitrogen and oxygen atoms in total. The molecule has 0 unspecified atom stereocenters. The summed E-state index contributed by atoms with van der Waals surface area (Å²) in [5.74, 6) is 2.47. The maximum atomic E-state index is 9.39. The second-order valence-corrected chi connectivity index (χ2v) is 7.14. The van der Waals surface area contributed by atoms with Crippen molar-refractivity contribution in [2.24, 2.45) is 5.92 Å². The molecule has 1 saturated carbocycles. The van der Waals surface area contributed by atoms with Crippen molar-refractivity contribution in [2.45, 2.75) is 77.9 Å². The van der Waals surface area contributed by atoms with E-state index >= 15 is 0 Å². The van der Waals surface area contributed by atoms with Crippen molar-refractivity contribution in [3.8, 4) is 0 Å². The van der Waals surface area contributed by atoms with Gasteiger partial charge in [0.25, 0.3) is 0 Å². The molecule has 4 N–H and O–H groups in total. The smallest absolute Gasteiger partial charge is 0.229 e. The number of hydrogen-bond acceptors (Lipinski definition) is 7. The minimum atomic E-state index is -0.0531. The van der Waals surface area contributed by atoms with Crippen molar-refractivity contribution < 1.29 is 5.11 Å². The molecule has 0 amide bonds. The van der Waals surface area contributed by atoms with Gasteiger partial charge in [-0.15, -0.1) is 0 Å². The van der Waals surface area contributed by atoms with Gasteiger partial charge in [0.05, 0.1) is 12.6 Å². The molecule has 0 aliphatic heterocycles. The van der Waals surface area contributed by atoms with Gasteiger partial charge < -0.3 is 21.1 Å². The Labute approximate surface area is 145 Å². The van der Waals surface area contributed by atoms with Crippen molar-refractivity contribution in [3.63, 3.8) is 0 Å². The third-order valence-corrected chi connectivity index (χ3v) is 4.45. The molecule has 1 aromatic rings. The first-order valence-electron chi connectivity index (χ1n) is 9.16. The molecule has 0 saturated heterocycles. The maximum Gasteiger partial charge on any atom is 0.229 e. The molecule has 1 atom stereocenters. The molecule has 1 aliphatic rings. The molecule has 0 spiro atoms. The van der Waals surface area contributed by atoms with Gasteiger partial charge in [0.1, 0.15) is 0 Å². The normalized spacial score (nSPS) is 22.2. The van der Waals surface area contributed by atoms with Gasteiger partial charge in [-0.05, 0) is 51.9 Å². The SMILES string of the molecule is CC[C@H](CO)Nc1nc(NC(C)C)nc(NC2CCC(C)CC2)n1. The fraction of sp³-hybridized carbons (Fsp3) is 0.824. The van der Waals surface area contributed by atoms with Gasteiger partial charge >= 0.3 is 0 Å². The van der Waals surface area contributed by atoms with E-state index in [4.69, 9.17) is 0 Å². The van der Waals surface area contributed by atoms with Crippen LogP contribution in [0.3, 0.4) is 0 Å². The summed E-state index contributed by atoms with van der Waals surface area (Å²) in [5, 5.41) is 19.3. The predicted molar refractivity (Wildman–Crippen MR) is 98.4 cm³/mol. The molecule has 1 aliphatic carbocycles. The van der Waals surface area contributed by atoms with Gasteiger partial charge in [-0.25, -0.2) is 0 Å². The molecule has 0 radical (unpaired) electrons. The van der Waals surface area contributed by atoms with Crippen molar-refractivity contribution in [1.82, 2.24) is 15.0 Å². The van der Waals surface area contributed by atoms with E-state index in [0.29, 0.717) is 23.9 Å². The highest BCUT2D eigenvalue weighted by Gasteiger charge is 2.20. The van der Waals surface area contributed by atoms with Crippen LogP contribution < -0.4 is 16.0 Å². The van der Waals surface area contributed by atoms with Crippen LogP contribution in [0.5, 0.6) is 0 Å². The molecular weight excluding hydrogens is 304 g/mol. The Morgan fingerprint density at radius 2 is 1.58 bits per heavy atom. The number of rotatable bonds is 8. The summed E-state index contributed by atoms with van der Waals surface area (Å²) < 4.78 is 0. The lowest BCUT2D eigenvalue weighted by Gasteiger charge is -2.27. The van der Waals surface area contributed by atoms with Crippen LogP contribution in [0.2, 0.25) is 0 Å². The van der Waals surface area contributed by atoms with Crippen LogP contribution >= 0.6 is 0 Å². The largest absolute Gasteiger partial charge is 0.394 e. The van der Waals surface area contributed by atoms with E-state index < -0.39 is 0 Å². The van der Waals surface area contributed by atoms with Crippen LogP contribution in [-0.4, -0.2) is 44.8 Å². The quantitative estimate of drug-likeness (QED) is 0.580. The summed E-state index contributed by atoms with van der Waals surface area (Å²) in [7, 11) is 0. The third-order valence-electron chi connectivity index (χ3n) is 4.45. The summed E-state index contributed by atoms with van der Waals surface area (Å²) in [6.45, 7) is 8.49. The number of hydrogen-bond donors (Lipinski definition) is 4. The van der Waals surface area contributed by atoms with Crippen molar-refractivity contribution in [2.75, 3.05) is 22.6 Å². The molecular formula is C17H32N6O. The Morgan fingerprint density at radius 3 is 2.12 bits per heavy atom. The Hall–Kier alpha value is -1.63. The zero-order chi connectivity index (χ0) is 17.5. The zero-order valence-electron chi connectivity index (χ0n) is 15.3. The van der Waals surface area contributed by atoms with Crippen LogP contribution in [0.4, 0.5) is 17.8 Å². The minimum Gasteiger partial charge on any atom is -0.394 e. The average molecular weight is 336 g/mol. The Kier molecular flexibility index (Phi) is 7.02. The topological polar surface area (TPSA) is 95.0 Å². The van der Waals surface area contributed by atoms with E-state index in [1.165, 1.54) is 12.8 Å². The van der Waals surface area contributed by atoms with E-state index in [-0.39, 0.29) is 18.7 Å². The van der Waals surface area contributed by atoms with Crippen LogP contribution in [0.1, 0.15) is 59.8 Å². The molecule has 136 valence electrons. The molecule has 2 rings (SSSR count). The Balaban J connectivity index is 2.12. The molecule has 1 fully saturated rings. The first-order valence-corrected chi connectivity index (χ1v) is 9.16. The summed E-state index contributed by atoms with van der Waals surface area (Å²) in [4.78, 5) is 13.4. The zero-order valence-corrected chi connectivity index (χ0v) is 15.3. The second-order valence-electron chi connectivity index (χ2n) is 7.14. The van der Waals surface area contributed by atoms with E-state index in [2.05, 4.69) is 51.7 Å².